The van der Waals surface area contributed by atoms with E-state index in [0.717, 1.165) is 21.9 Å². The van der Waals surface area contributed by atoms with Gasteiger partial charge in [-0.15, -0.1) is 0 Å². The Labute approximate surface area is 241 Å². The number of rotatable bonds is 13. The van der Waals surface area contributed by atoms with Crippen LogP contribution in [-0.2, 0) is 26.2 Å². The molecule has 40 heavy (non-hydrogen) atoms. The molecule has 0 spiro atoms. The maximum Gasteiger partial charge on any atom is 0.264 e. The topological polar surface area (TPSA) is 96.0 Å². The second-order valence-corrected chi connectivity index (χ2v) is 11.6. The van der Waals surface area contributed by atoms with E-state index >= 15 is 0 Å². The lowest BCUT2D eigenvalue weighted by molar-refractivity contribution is -0.140. The van der Waals surface area contributed by atoms with Crippen LogP contribution >= 0.6 is 11.6 Å². The lowest BCUT2D eigenvalue weighted by atomic mass is 10.1. The zero-order valence-electron chi connectivity index (χ0n) is 23.3. The first-order valence-corrected chi connectivity index (χ1v) is 15.0. The largest absolute Gasteiger partial charge is 0.495 e. The number of hydrogen-bond donors (Lipinski definition) is 1. The van der Waals surface area contributed by atoms with Gasteiger partial charge < -0.3 is 15.0 Å². The first-order valence-electron chi connectivity index (χ1n) is 13.2. The maximum atomic E-state index is 14.1. The summed E-state index contributed by atoms with van der Waals surface area (Å²) in [6.45, 7) is 5.73. The third kappa shape index (κ3) is 7.34. The molecule has 0 saturated carbocycles. The Morgan fingerprint density at radius 2 is 1.68 bits per heavy atom. The molecule has 1 unspecified atom stereocenters. The molecular formula is C30H36ClN3O5S. The fourth-order valence-corrected chi connectivity index (χ4v) is 5.95. The maximum absolute atomic E-state index is 14.1. The summed E-state index contributed by atoms with van der Waals surface area (Å²) < 4.78 is 34.4. The van der Waals surface area contributed by atoms with Gasteiger partial charge in [0.1, 0.15) is 18.3 Å². The summed E-state index contributed by atoms with van der Waals surface area (Å²) in [4.78, 5) is 28.8. The Balaban J connectivity index is 2.12. The highest BCUT2D eigenvalue weighted by Gasteiger charge is 2.35. The van der Waals surface area contributed by atoms with E-state index in [1.807, 2.05) is 45.0 Å². The van der Waals surface area contributed by atoms with Gasteiger partial charge in [-0.2, -0.15) is 0 Å². The molecule has 0 aliphatic rings. The van der Waals surface area contributed by atoms with Gasteiger partial charge in [-0.3, -0.25) is 13.9 Å². The number of halogens is 1. The van der Waals surface area contributed by atoms with Gasteiger partial charge in [-0.25, -0.2) is 8.42 Å². The molecule has 3 aromatic carbocycles. The molecule has 0 aliphatic heterocycles. The molecule has 10 heteroatoms. The predicted octanol–water partition coefficient (Wildman–Crippen LogP) is 5.19. The molecule has 0 heterocycles. The van der Waals surface area contributed by atoms with E-state index < -0.39 is 28.5 Å². The molecule has 1 N–H and O–H groups in total. The van der Waals surface area contributed by atoms with Crippen molar-refractivity contribution in [3.63, 3.8) is 0 Å². The Kier molecular flexibility index (Phi) is 11.0. The Morgan fingerprint density at radius 1 is 1.00 bits per heavy atom. The zero-order chi connectivity index (χ0) is 29.3. The van der Waals surface area contributed by atoms with Crippen LogP contribution in [0.1, 0.15) is 37.8 Å². The quantitative estimate of drug-likeness (QED) is 0.298. The predicted molar refractivity (Wildman–Crippen MR) is 158 cm³/mol. The average molecular weight is 586 g/mol. The van der Waals surface area contributed by atoms with Gasteiger partial charge >= 0.3 is 0 Å². The number of anilines is 1. The second kappa shape index (κ2) is 14.2. The minimum Gasteiger partial charge on any atom is -0.495 e. The number of amides is 2. The van der Waals surface area contributed by atoms with Crippen molar-refractivity contribution in [2.45, 2.75) is 51.1 Å². The molecule has 0 aromatic heterocycles. The zero-order valence-corrected chi connectivity index (χ0v) is 24.8. The van der Waals surface area contributed by atoms with Crippen molar-refractivity contribution >= 4 is 39.1 Å². The van der Waals surface area contributed by atoms with Crippen LogP contribution < -0.4 is 14.4 Å². The Bertz CT molecular complexity index is 1420. The van der Waals surface area contributed by atoms with Crippen LogP contribution in [-0.4, -0.2) is 51.4 Å². The van der Waals surface area contributed by atoms with Gasteiger partial charge in [0.05, 0.1) is 17.7 Å². The van der Waals surface area contributed by atoms with E-state index in [0.29, 0.717) is 13.0 Å². The highest BCUT2D eigenvalue weighted by atomic mass is 35.5. The molecule has 1 atom stereocenters. The van der Waals surface area contributed by atoms with Gasteiger partial charge in [0.2, 0.25) is 11.8 Å². The minimum atomic E-state index is -4.23. The molecule has 0 aliphatic carbocycles. The average Bonchev–Trinajstić information content (AvgIpc) is 2.95. The monoisotopic (exact) mass is 585 g/mol. The number of hydrogen-bond acceptors (Lipinski definition) is 5. The van der Waals surface area contributed by atoms with Crippen molar-refractivity contribution in [2.24, 2.45) is 0 Å². The molecule has 0 radical (unpaired) electrons. The number of ether oxygens (including phenoxy) is 1. The van der Waals surface area contributed by atoms with Gasteiger partial charge in [-0.05, 0) is 61.2 Å². The van der Waals surface area contributed by atoms with Crippen LogP contribution in [0.5, 0.6) is 5.75 Å². The first-order chi connectivity index (χ1) is 19.1. The van der Waals surface area contributed by atoms with Gasteiger partial charge in [0.25, 0.3) is 10.0 Å². The SMILES string of the molecule is CCCNC(=O)C(CC)N(Cc1ccccc1C)C(=O)CN(c1cc(Cl)ccc1OC)S(=O)(=O)c1ccccc1. The Morgan fingerprint density at radius 3 is 2.30 bits per heavy atom. The number of nitrogens with one attached hydrogen (secondary N) is 1. The van der Waals surface area contributed by atoms with Crippen LogP contribution in [0.2, 0.25) is 5.02 Å². The Hall–Kier alpha value is -3.56. The van der Waals surface area contributed by atoms with Crippen LogP contribution in [0, 0.1) is 6.92 Å². The van der Waals surface area contributed by atoms with Crippen LogP contribution in [0.4, 0.5) is 5.69 Å². The van der Waals surface area contributed by atoms with E-state index in [2.05, 4.69) is 5.32 Å². The summed E-state index contributed by atoms with van der Waals surface area (Å²) in [5.41, 5.74) is 1.93. The fraction of sp³-hybridized carbons (Fsp3) is 0.333. The molecule has 8 nitrogen and oxygen atoms in total. The fourth-order valence-electron chi connectivity index (χ4n) is 4.35. The van der Waals surface area contributed by atoms with Crippen LogP contribution in [0.25, 0.3) is 0 Å². The van der Waals surface area contributed by atoms with Crippen LogP contribution in [0.3, 0.4) is 0 Å². The molecule has 2 amide bonds. The summed E-state index contributed by atoms with van der Waals surface area (Å²) in [6, 6.07) is 19.2. The summed E-state index contributed by atoms with van der Waals surface area (Å²) in [6.07, 6.45) is 1.09. The van der Waals surface area contributed by atoms with Gasteiger partial charge in [0, 0.05) is 18.1 Å². The van der Waals surface area contributed by atoms with Crippen molar-refractivity contribution in [1.29, 1.82) is 0 Å². The third-order valence-corrected chi connectivity index (χ3v) is 8.57. The number of methoxy groups -OCH3 is 1. The van der Waals surface area contributed by atoms with E-state index in [-0.39, 0.29) is 33.8 Å². The lowest BCUT2D eigenvalue weighted by Gasteiger charge is -2.33. The van der Waals surface area contributed by atoms with Crippen molar-refractivity contribution in [3.8, 4) is 5.75 Å². The number of aryl methyl sites for hydroxylation is 1. The van der Waals surface area contributed by atoms with E-state index in [1.165, 1.54) is 30.2 Å². The molecule has 0 saturated heterocycles. The van der Waals surface area contributed by atoms with E-state index in [1.54, 1.807) is 30.3 Å². The smallest absolute Gasteiger partial charge is 0.264 e. The second-order valence-electron chi connectivity index (χ2n) is 9.30. The molecule has 0 fully saturated rings. The lowest BCUT2D eigenvalue weighted by Crippen LogP contribution is -2.52. The third-order valence-electron chi connectivity index (χ3n) is 6.56. The summed E-state index contributed by atoms with van der Waals surface area (Å²) >= 11 is 6.28. The molecule has 3 aromatic rings. The van der Waals surface area contributed by atoms with Crippen LogP contribution in [0.15, 0.2) is 77.7 Å². The summed E-state index contributed by atoms with van der Waals surface area (Å²) in [5, 5.41) is 3.16. The molecule has 0 bridgehead atoms. The van der Waals surface area contributed by atoms with Crippen molar-refractivity contribution < 1.29 is 22.7 Å². The van der Waals surface area contributed by atoms with Gasteiger partial charge in [0.15, 0.2) is 0 Å². The standard InChI is InChI=1S/C30H36ClN3O5S/c1-5-18-32-30(36)26(6-2)33(20-23-13-11-10-12-22(23)3)29(35)21-34(27-19-24(31)16-17-28(27)39-4)40(37,38)25-14-8-7-9-15-25/h7-17,19,26H,5-6,18,20-21H2,1-4H3,(H,32,36). The van der Waals surface area contributed by atoms with Gasteiger partial charge in [-0.1, -0.05) is 67.9 Å². The highest BCUT2D eigenvalue weighted by molar-refractivity contribution is 7.92. The van der Waals surface area contributed by atoms with Crippen molar-refractivity contribution in [1.82, 2.24) is 10.2 Å². The van der Waals surface area contributed by atoms with Crippen molar-refractivity contribution in [3.05, 3.63) is 88.9 Å². The molecular weight excluding hydrogens is 550 g/mol. The number of carbonyl (C=O) groups excluding carboxylic acids is 2. The number of benzene rings is 3. The normalized spacial score (nSPS) is 11.9. The van der Waals surface area contributed by atoms with E-state index in [4.69, 9.17) is 16.3 Å². The highest BCUT2D eigenvalue weighted by Crippen LogP contribution is 2.35. The van der Waals surface area contributed by atoms with E-state index in [9.17, 15) is 18.0 Å². The minimum absolute atomic E-state index is 0.00279. The number of nitrogens with zero attached hydrogens (tertiary/aromatic N) is 2. The van der Waals surface area contributed by atoms with Crippen molar-refractivity contribution in [2.75, 3.05) is 24.5 Å². The summed E-state index contributed by atoms with van der Waals surface area (Å²) in [7, 11) is -2.82. The first kappa shape index (κ1) is 31.0. The summed E-state index contributed by atoms with van der Waals surface area (Å²) in [5.74, 6) is -0.595. The molecule has 3 rings (SSSR count). The number of carbonyl (C=O) groups is 2. The molecule has 214 valence electrons. The number of sulfonamides is 1.